The monoisotopic (exact) mass is 173 g/mol. The Hall–Kier alpha value is -0.300. The minimum Gasteiger partial charge on any atom is -0.330 e. The quantitative estimate of drug-likeness (QED) is 0.644. The van der Waals surface area contributed by atoms with Gasteiger partial charge in [0.05, 0.1) is 0 Å². The zero-order valence-corrected chi connectivity index (χ0v) is 9.56. The molecule has 0 fully saturated rings. The van der Waals surface area contributed by atoms with Crippen LogP contribution in [0.15, 0.2) is 12.2 Å². The summed E-state index contributed by atoms with van der Waals surface area (Å²) >= 11 is 0. The van der Waals surface area contributed by atoms with Crippen molar-refractivity contribution in [3.8, 4) is 0 Å². The molecule has 1 nitrogen and oxygen atoms in total. The summed E-state index contributed by atoms with van der Waals surface area (Å²) in [5.41, 5.74) is 5.26. The molecule has 0 aromatic carbocycles. The lowest BCUT2D eigenvalue weighted by atomic mass is 10.3. The number of rotatable bonds is 4. The van der Waals surface area contributed by atoms with Crippen LogP contribution in [-0.4, -0.2) is 6.54 Å². The van der Waals surface area contributed by atoms with Crippen molar-refractivity contribution < 1.29 is 0 Å². The molecule has 0 aromatic heterocycles. The highest BCUT2D eigenvalue weighted by Crippen LogP contribution is 1.88. The Morgan fingerprint density at radius 1 is 0.917 bits per heavy atom. The molecule has 0 saturated carbocycles. The first-order chi connectivity index (χ1) is 5.91. The SMILES string of the molecule is CC.CC.CCCC=CCCN. The summed E-state index contributed by atoms with van der Waals surface area (Å²) in [7, 11) is 0. The third-order valence-corrected chi connectivity index (χ3v) is 0.955. The third-order valence-electron chi connectivity index (χ3n) is 0.955. The minimum atomic E-state index is 0.778. The average Bonchev–Trinajstić information content (AvgIpc) is 2.19. The fraction of sp³-hybridized carbons (Fsp3) is 0.818. The second kappa shape index (κ2) is 31.0. The van der Waals surface area contributed by atoms with E-state index in [0.29, 0.717) is 0 Å². The minimum absolute atomic E-state index is 0.778. The molecule has 0 saturated heterocycles. The van der Waals surface area contributed by atoms with Crippen LogP contribution in [0.4, 0.5) is 0 Å². The van der Waals surface area contributed by atoms with E-state index in [4.69, 9.17) is 5.73 Å². The molecule has 0 amide bonds. The Balaban J connectivity index is -0.000000175. The van der Waals surface area contributed by atoms with Crippen molar-refractivity contribution >= 4 is 0 Å². The van der Waals surface area contributed by atoms with E-state index in [1.54, 1.807) is 0 Å². The van der Waals surface area contributed by atoms with Gasteiger partial charge in [0.1, 0.15) is 0 Å². The second-order valence-corrected chi connectivity index (χ2v) is 1.84. The molecule has 0 aliphatic rings. The Labute approximate surface area is 79.1 Å². The molecule has 0 atom stereocenters. The van der Waals surface area contributed by atoms with Crippen LogP contribution < -0.4 is 5.73 Å². The Bertz CT molecular complexity index is 50.0. The van der Waals surface area contributed by atoms with Crippen LogP contribution in [0.1, 0.15) is 53.9 Å². The van der Waals surface area contributed by atoms with Gasteiger partial charge in [-0.05, 0) is 19.4 Å². The van der Waals surface area contributed by atoms with E-state index in [1.165, 1.54) is 12.8 Å². The number of unbranched alkanes of at least 4 members (excludes halogenated alkanes) is 1. The van der Waals surface area contributed by atoms with E-state index >= 15 is 0 Å². The van der Waals surface area contributed by atoms with Gasteiger partial charge in [0.25, 0.3) is 0 Å². The Morgan fingerprint density at radius 3 is 1.67 bits per heavy atom. The third kappa shape index (κ3) is 33.2. The number of hydrogen-bond acceptors (Lipinski definition) is 1. The summed E-state index contributed by atoms with van der Waals surface area (Å²) in [6.45, 7) is 11.0. The van der Waals surface area contributed by atoms with Gasteiger partial charge in [-0.2, -0.15) is 0 Å². The van der Waals surface area contributed by atoms with Gasteiger partial charge < -0.3 is 5.73 Å². The highest BCUT2D eigenvalue weighted by Gasteiger charge is 1.72. The Morgan fingerprint density at radius 2 is 1.33 bits per heavy atom. The molecular weight excluding hydrogens is 146 g/mol. The molecule has 0 aliphatic carbocycles. The van der Waals surface area contributed by atoms with Gasteiger partial charge in [0.2, 0.25) is 0 Å². The number of allylic oxidation sites excluding steroid dienone is 1. The van der Waals surface area contributed by atoms with Crippen LogP contribution in [0, 0.1) is 0 Å². The van der Waals surface area contributed by atoms with Crippen molar-refractivity contribution in [2.24, 2.45) is 5.73 Å². The molecule has 2 N–H and O–H groups in total. The molecule has 0 aliphatic heterocycles. The summed E-state index contributed by atoms with van der Waals surface area (Å²) in [5, 5.41) is 0. The predicted molar refractivity (Wildman–Crippen MR) is 60.4 cm³/mol. The molecule has 0 rings (SSSR count). The average molecular weight is 173 g/mol. The maximum atomic E-state index is 5.26. The van der Waals surface area contributed by atoms with Crippen molar-refractivity contribution in [3.63, 3.8) is 0 Å². The number of nitrogens with two attached hydrogens (primary N) is 1. The lowest BCUT2D eigenvalue weighted by Gasteiger charge is -1.83. The fourth-order valence-electron chi connectivity index (χ4n) is 0.499. The molecular formula is C11H27N. The first-order valence-electron chi connectivity index (χ1n) is 5.27. The molecule has 0 radical (unpaired) electrons. The van der Waals surface area contributed by atoms with Crippen molar-refractivity contribution in [1.82, 2.24) is 0 Å². The van der Waals surface area contributed by atoms with Gasteiger partial charge >= 0.3 is 0 Å². The van der Waals surface area contributed by atoms with Gasteiger partial charge in [-0.3, -0.25) is 0 Å². The largest absolute Gasteiger partial charge is 0.330 e. The van der Waals surface area contributed by atoms with Crippen molar-refractivity contribution in [3.05, 3.63) is 12.2 Å². The zero-order valence-electron chi connectivity index (χ0n) is 9.56. The fourth-order valence-corrected chi connectivity index (χ4v) is 0.499. The van der Waals surface area contributed by atoms with Crippen LogP contribution in [0.5, 0.6) is 0 Å². The standard InChI is InChI=1S/C7H15N.2C2H6/c1-2-3-4-5-6-7-8;2*1-2/h4-5H,2-3,6-8H2,1H3;2*1-2H3. The topological polar surface area (TPSA) is 26.0 Å². The van der Waals surface area contributed by atoms with Gasteiger partial charge in [-0.15, -0.1) is 0 Å². The van der Waals surface area contributed by atoms with Crippen LogP contribution in [0.25, 0.3) is 0 Å². The lowest BCUT2D eigenvalue weighted by Crippen LogP contribution is -1.94. The molecule has 0 heterocycles. The first kappa shape index (κ1) is 17.7. The summed E-state index contributed by atoms with van der Waals surface area (Å²) in [4.78, 5) is 0. The van der Waals surface area contributed by atoms with Crippen molar-refractivity contribution in [2.45, 2.75) is 53.9 Å². The first-order valence-corrected chi connectivity index (χ1v) is 5.27. The van der Waals surface area contributed by atoms with Crippen LogP contribution in [0.3, 0.4) is 0 Å². The molecule has 12 heavy (non-hydrogen) atoms. The van der Waals surface area contributed by atoms with E-state index < -0.39 is 0 Å². The van der Waals surface area contributed by atoms with Crippen LogP contribution in [-0.2, 0) is 0 Å². The van der Waals surface area contributed by atoms with E-state index in [-0.39, 0.29) is 0 Å². The van der Waals surface area contributed by atoms with Gasteiger partial charge in [0, 0.05) is 0 Å². The van der Waals surface area contributed by atoms with E-state index in [1.807, 2.05) is 27.7 Å². The predicted octanol–water partition coefficient (Wildman–Crippen LogP) is 3.74. The van der Waals surface area contributed by atoms with Crippen LogP contribution in [0.2, 0.25) is 0 Å². The van der Waals surface area contributed by atoms with Crippen molar-refractivity contribution in [1.29, 1.82) is 0 Å². The normalized spacial score (nSPS) is 8.17. The van der Waals surface area contributed by atoms with Gasteiger partial charge in [-0.1, -0.05) is 53.2 Å². The number of hydrogen-bond donors (Lipinski definition) is 1. The lowest BCUT2D eigenvalue weighted by molar-refractivity contribution is 0.938. The van der Waals surface area contributed by atoms with Gasteiger partial charge in [-0.25, -0.2) is 0 Å². The zero-order chi connectivity index (χ0) is 10.2. The molecule has 1 heteroatoms. The molecule has 0 spiro atoms. The van der Waals surface area contributed by atoms with E-state index in [9.17, 15) is 0 Å². The summed E-state index contributed by atoms with van der Waals surface area (Å²) in [6.07, 6.45) is 7.79. The maximum absolute atomic E-state index is 5.26. The maximum Gasteiger partial charge on any atom is -0.00426 e. The van der Waals surface area contributed by atoms with Crippen LogP contribution >= 0.6 is 0 Å². The summed E-state index contributed by atoms with van der Waals surface area (Å²) < 4.78 is 0. The molecule has 0 aromatic rings. The summed E-state index contributed by atoms with van der Waals surface area (Å²) in [6, 6.07) is 0. The Kier molecular flexibility index (Phi) is 45.7. The smallest absolute Gasteiger partial charge is 0.00426 e. The highest BCUT2D eigenvalue weighted by atomic mass is 14.5. The van der Waals surface area contributed by atoms with E-state index in [2.05, 4.69) is 19.1 Å². The molecule has 0 unspecified atom stereocenters. The van der Waals surface area contributed by atoms with Crippen molar-refractivity contribution in [2.75, 3.05) is 6.54 Å². The van der Waals surface area contributed by atoms with E-state index in [0.717, 1.165) is 13.0 Å². The molecule has 76 valence electrons. The highest BCUT2D eigenvalue weighted by molar-refractivity contribution is 4.80. The summed E-state index contributed by atoms with van der Waals surface area (Å²) in [5.74, 6) is 0. The molecule has 0 bridgehead atoms. The second-order valence-electron chi connectivity index (χ2n) is 1.84. The van der Waals surface area contributed by atoms with Gasteiger partial charge in [0.15, 0.2) is 0 Å².